The molecule has 0 bridgehead atoms. The first-order valence-corrected chi connectivity index (χ1v) is 8.97. The van der Waals surface area contributed by atoms with Crippen molar-refractivity contribution >= 4 is 33.4 Å². The van der Waals surface area contributed by atoms with E-state index in [-0.39, 0.29) is 37.7 Å². The summed E-state index contributed by atoms with van der Waals surface area (Å²) in [5.74, 6) is -2.60. The van der Waals surface area contributed by atoms with Crippen molar-refractivity contribution < 1.29 is 22.8 Å². The van der Waals surface area contributed by atoms with Gasteiger partial charge in [-0.15, -0.1) is 0 Å². The minimum absolute atomic E-state index is 0.0351. The van der Waals surface area contributed by atoms with Gasteiger partial charge in [0.15, 0.2) is 0 Å². The molecule has 136 valence electrons. The van der Waals surface area contributed by atoms with Crippen molar-refractivity contribution in [3.05, 3.63) is 28.7 Å². The third-order valence-electron chi connectivity index (χ3n) is 4.81. The molecule has 8 heteroatoms. The van der Waals surface area contributed by atoms with Crippen LogP contribution >= 0.6 is 15.9 Å². The highest BCUT2D eigenvalue weighted by atomic mass is 79.9. The number of halogens is 4. The number of carbonyl (C=O) groups is 2. The molecule has 0 radical (unpaired) electrons. The van der Waals surface area contributed by atoms with E-state index >= 15 is 0 Å². The van der Waals surface area contributed by atoms with E-state index in [1.807, 2.05) is 6.07 Å². The topological polar surface area (TPSA) is 40.6 Å². The van der Waals surface area contributed by atoms with Crippen molar-refractivity contribution in [3.8, 4) is 0 Å². The molecular formula is C17H18BrF3N2O2. The van der Waals surface area contributed by atoms with Crippen LogP contribution in [0.3, 0.4) is 0 Å². The zero-order valence-corrected chi connectivity index (χ0v) is 15.0. The highest BCUT2D eigenvalue weighted by molar-refractivity contribution is 9.10. The molecule has 2 unspecified atom stereocenters. The van der Waals surface area contributed by atoms with Gasteiger partial charge < -0.3 is 9.80 Å². The second-order valence-electron chi connectivity index (χ2n) is 6.52. The van der Waals surface area contributed by atoms with Crippen LogP contribution in [0.2, 0.25) is 0 Å². The molecule has 0 aliphatic carbocycles. The second-order valence-corrected chi connectivity index (χ2v) is 7.38. The van der Waals surface area contributed by atoms with Crippen LogP contribution in [-0.2, 0) is 9.59 Å². The molecule has 2 aliphatic rings. The van der Waals surface area contributed by atoms with E-state index in [1.165, 1.54) is 9.80 Å². The molecule has 2 aliphatic heterocycles. The highest BCUT2D eigenvalue weighted by Crippen LogP contribution is 2.35. The average molecular weight is 419 g/mol. The van der Waals surface area contributed by atoms with Crippen molar-refractivity contribution in [1.29, 1.82) is 0 Å². The van der Waals surface area contributed by atoms with Crippen molar-refractivity contribution in [1.82, 2.24) is 4.90 Å². The Bertz CT molecular complexity index is 680. The lowest BCUT2D eigenvalue weighted by atomic mass is 9.96. The Morgan fingerprint density at radius 2 is 1.92 bits per heavy atom. The predicted molar refractivity (Wildman–Crippen MR) is 90.0 cm³/mol. The van der Waals surface area contributed by atoms with Crippen molar-refractivity contribution in [2.45, 2.75) is 25.4 Å². The lowest BCUT2D eigenvalue weighted by Crippen LogP contribution is -2.47. The molecule has 0 saturated carbocycles. The van der Waals surface area contributed by atoms with Gasteiger partial charge in [-0.05, 0) is 40.9 Å². The Morgan fingerprint density at radius 3 is 2.60 bits per heavy atom. The van der Waals surface area contributed by atoms with Gasteiger partial charge in [-0.1, -0.05) is 12.1 Å². The Balaban J connectivity index is 1.70. The molecule has 3 rings (SSSR count). The minimum atomic E-state index is -4.29. The van der Waals surface area contributed by atoms with Gasteiger partial charge >= 0.3 is 6.18 Å². The largest absolute Gasteiger partial charge is 0.393 e. The lowest BCUT2D eigenvalue weighted by Gasteiger charge is -2.35. The first-order chi connectivity index (χ1) is 11.8. The second kappa shape index (κ2) is 6.97. The number of hydrogen-bond donors (Lipinski definition) is 0. The van der Waals surface area contributed by atoms with Crippen LogP contribution in [0.25, 0.3) is 0 Å². The maximum Gasteiger partial charge on any atom is 0.393 e. The van der Waals surface area contributed by atoms with E-state index in [9.17, 15) is 22.8 Å². The lowest BCUT2D eigenvalue weighted by molar-refractivity contribution is -0.188. The number of amides is 2. The molecular weight excluding hydrogens is 401 g/mol. The third kappa shape index (κ3) is 3.83. The standard InChI is InChI=1S/C17H18BrF3N2O2/c18-13-5-1-2-6-14(13)23-9-11(8-15(23)24)16(25)22-7-3-4-12(10-22)17(19,20)21/h1-2,5-6,11-12H,3-4,7-10H2. The number of rotatable bonds is 2. The number of hydrogen-bond acceptors (Lipinski definition) is 2. The van der Waals surface area contributed by atoms with Gasteiger partial charge in [0.25, 0.3) is 0 Å². The van der Waals surface area contributed by atoms with Crippen LogP contribution in [0, 0.1) is 11.8 Å². The summed E-state index contributed by atoms with van der Waals surface area (Å²) in [4.78, 5) is 27.8. The summed E-state index contributed by atoms with van der Waals surface area (Å²) in [6.45, 7) is 0.223. The number of piperidine rings is 1. The minimum Gasteiger partial charge on any atom is -0.342 e. The Kier molecular flexibility index (Phi) is 5.09. The number of alkyl halides is 3. The van der Waals surface area contributed by atoms with Gasteiger partial charge in [0.1, 0.15) is 0 Å². The summed E-state index contributed by atoms with van der Waals surface area (Å²) in [7, 11) is 0. The fourth-order valence-corrected chi connectivity index (χ4v) is 3.98. The van der Waals surface area contributed by atoms with E-state index in [4.69, 9.17) is 0 Å². The van der Waals surface area contributed by atoms with Crippen LogP contribution in [0.1, 0.15) is 19.3 Å². The maximum absolute atomic E-state index is 12.9. The Hall–Kier alpha value is -1.57. The van der Waals surface area contributed by atoms with Crippen LogP contribution < -0.4 is 4.90 Å². The highest BCUT2D eigenvalue weighted by Gasteiger charge is 2.45. The van der Waals surface area contributed by atoms with E-state index < -0.39 is 18.0 Å². The zero-order valence-electron chi connectivity index (χ0n) is 13.4. The van der Waals surface area contributed by atoms with Gasteiger partial charge in [0, 0.05) is 30.5 Å². The van der Waals surface area contributed by atoms with Crippen molar-refractivity contribution in [2.24, 2.45) is 11.8 Å². The number of carbonyl (C=O) groups excluding carboxylic acids is 2. The quantitative estimate of drug-likeness (QED) is 0.735. The predicted octanol–water partition coefficient (Wildman–Crippen LogP) is 3.60. The molecule has 2 saturated heterocycles. The van der Waals surface area contributed by atoms with Crippen LogP contribution in [0.15, 0.2) is 28.7 Å². The van der Waals surface area contributed by atoms with Gasteiger partial charge in [-0.2, -0.15) is 13.2 Å². The number of likely N-dealkylation sites (tertiary alicyclic amines) is 1. The van der Waals surface area contributed by atoms with E-state index in [0.29, 0.717) is 18.7 Å². The van der Waals surface area contributed by atoms with Crippen LogP contribution in [0.4, 0.5) is 18.9 Å². The molecule has 4 nitrogen and oxygen atoms in total. The monoisotopic (exact) mass is 418 g/mol. The smallest absolute Gasteiger partial charge is 0.342 e. The van der Waals surface area contributed by atoms with E-state index in [2.05, 4.69) is 15.9 Å². The first-order valence-electron chi connectivity index (χ1n) is 8.17. The zero-order chi connectivity index (χ0) is 18.2. The fraction of sp³-hybridized carbons (Fsp3) is 0.529. The number of para-hydroxylation sites is 1. The molecule has 0 spiro atoms. The molecule has 0 aromatic heterocycles. The number of nitrogens with zero attached hydrogens (tertiary/aromatic N) is 2. The summed E-state index contributed by atoms with van der Waals surface area (Å²) in [5, 5.41) is 0. The van der Waals surface area contributed by atoms with Crippen LogP contribution in [0.5, 0.6) is 0 Å². The van der Waals surface area contributed by atoms with Crippen LogP contribution in [-0.4, -0.2) is 42.5 Å². The third-order valence-corrected chi connectivity index (χ3v) is 5.48. The van der Waals surface area contributed by atoms with Crippen molar-refractivity contribution in [3.63, 3.8) is 0 Å². The Labute approximate surface area is 152 Å². The Morgan fingerprint density at radius 1 is 1.20 bits per heavy atom. The van der Waals surface area contributed by atoms with Gasteiger partial charge in [-0.25, -0.2) is 0 Å². The summed E-state index contributed by atoms with van der Waals surface area (Å²) < 4.78 is 39.6. The SMILES string of the molecule is O=C(C1CC(=O)N(c2ccccc2Br)C1)N1CCCC(C(F)(F)F)C1. The summed E-state index contributed by atoms with van der Waals surface area (Å²) >= 11 is 3.38. The average Bonchev–Trinajstić information content (AvgIpc) is 2.95. The van der Waals surface area contributed by atoms with Gasteiger partial charge in [0.2, 0.25) is 11.8 Å². The van der Waals surface area contributed by atoms with Gasteiger partial charge in [-0.3, -0.25) is 9.59 Å². The fourth-order valence-electron chi connectivity index (χ4n) is 3.48. The van der Waals surface area contributed by atoms with E-state index in [0.717, 1.165) is 4.47 Å². The maximum atomic E-state index is 12.9. The number of benzene rings is 1. The molecule has 25 heavy (non-hydrogen) atoms. The summed E-state index contributed by atoms with van der Waals surface area (Å²) in [6.07, 6.45) is -3.86. The molecule has 2 heterocycles. The van der Waals surface area contributed by atoms with Gasteiger partial charge in [0.05, 0.1) is 17.5 Å². The molecule has 1 aromatic carbocycles. The molecule has 2 atom stereocenters. The number of anilines is 1. The first kappa shape index (κ1) is 18.2. The summed E-state index contributed by atoms with van der Waals surface area (Å²) in [5.41, 5.74) is 0.676. The van der Waals surface area contributed by atoms with Crippen molar-refractivity contribution in [2.75, 3.05) is 24.5 Å². The molecule has 0 N–H and O–H groups in total. The molecule has 2 fully saturated rings. The molecule has 1 aromatic rings. The molecule has 2 amide bonds. The summed E-state index contributed by atoms with van der Waals surface area (Å²) in [6, 6.07) is 7.19. The normalized spacial score (nSPS) is 24.7. The van der Waals surface area contributed by atoms with E-state index in [1.54, 1.807) is 18.2 Å².